The average Bonchev–Trinajstić information content (AvgIpc) is 3.10. The third-order valence-corrected chi connectivity index (χ3v) is 5.05. The Hall–Kier alpha value is -3.08. The zero-order valence-corrected chi connectivity index (χ0v) is 15.2. The second kappa shape index (κ2) is 6.82. The third-order valence-electron chi connectivity index (χ3n) is 5.05. The first kappa shape index (κ1) is 17.0. The van der Waals surface area contributed by atoms with Crippen LogP contribution in [0.1, 0.15) is 29.9 Å². The lowest BCUT2D eigenvalue weighted by Crippen LogP contribution is -2.39. The number of hydrogen-bond acceptors (Lipinski definition) is 6. The molecule has 0 amide bonds. The highest BCUT2D eigenvalue weighted by Gasteiger charge is 2.39. The second-order valence-electron chi connectivity index (χ2n) is 6.94. The summed E-state index contributed by atoms with van der Waals surface area (Å²) >= 11 is 0. The van der Waals surface area contributed by atoms with Crippen molar-refractivity contribution in [1.82, 2.24) is 19.5 Å². The molecule has 1 fully saturated rings. The quantitative estimate of drug-likeness (QED) is 0.557. The minimum absolute atomic E-state index is 0.162. The van der Waals surface area contributed by atoms with Gasteiger partial charge in [-0.25, -0.2) is 15.0 Å². The molecule has 1 spiro atoms. The maximum Gasteiger partial charge on any atom is 0.280 e. The van der Waals surface area contributed by atoms with Crippen molar-refractivity contribution >= 4 is 11.0 Å². The Balaban J connectivity index is 1.55. The number of aryl methyl sites for hydroxylation is 1. The Morgan fingerprint density at radius 2 is 2.04 bits per heavy atom. The molecule has 0 aromatic carbocycles. The molecule has 140 valence electrons. The van der Waals surface area contributed by atoms with Crippen LogP contribution in [0, 0.1) is 11.8 Å². The SMILES string of the molecule is O=c1c2ncc(C#Cc3ccccn3)cc2nc2n1CC1(CCC2)OCCO1. The van der Waals surface area contributed by atoms with Gasteiger partial charge in [-0.2, -0.15) is 0 Å². The first-order chi connectivity index (χ1) is 13.7. The number of ether oxygens (including phenoxy) is 2. The van der Waals surface area contributed by atoms with Gasteiger partial charge >= 0.3 is 0 Å². The number of nitrogens with zero attached hydrogens (tertiary/aromatic N) is 4. The highest BCUT2D eigenvalue weighted by molar-refractivity contribution is 5.74. The van der Waals surface area contributed by atoms with Crippen molar-refractivity contribution in [3.8, 4) is 11.8 Å². The zero-order valence-electron chi connectivity index (χ0n) is 15.2. The number of rotatable bonds is 0. The molecular weight excluding hydrogens is 356 g/mol. The van der Waals surface area contributed by atoms with Crippen LogP contribution in [-0.2, 0) is 22.4 Å². The lowest BCUT2D eigenvalue weighted by atomic mass is 10.1. The summed E-state index contributed by atoms with van der Waals surface area (Å²) in [7, 11) is 0. The summed E-state index contributed by atoms with van der Waals surface area (Å²) in [6.07, 6.45) is 5.60. The number of fused-ring (bicyclic) bond motifs is 2. The van der Waals surface area contributed by atoms with Gasteiger partial charge in [0.25, 0.3) is 5.56 Å². The largest absolute Gasteiger partial charge is 0.346 e. The molecule has 5 heterocycles. The molecule has 2 aliphatic heterocycles. The summed E-state index contributed by atoms with van der Waals surface area (Å²) in [6, 6.07) is 7.38. The fourth-order valence-corrected chi connectivity index (χ4v) is 3.71. The van der Waals surface area contributed by atoms with Gasteiger partial charge in [-0.05, 0) is 30.5 Å². The van der Waals surface area contributed by atoms with Crippen molar-refractivity contribution in [2.45, 2.75) is 31.6 Å². The van der Waals surface area contributed by atoms with E-state index in [1.54, 1.807) is 17.0 Å². The van der Waals surface area contributed by atoms with E-state index < -0.39 is 5.79 Å². The van der Waals surface area contributed by atoms with E-state index in [2.05, 4.69) is 21.8 Å². The molecule has 7 heteroatoms. The van der Waals surface area contributed by atoms with E-state index in [4.69, 9.17) is 14.5 Å². The number of pyridine rings is 2. The van der Waals surface area contributed by atoms with E-state index in [9.17, 15) is 4.79 Å². The molecule has 2 aliphatic rings. The Bertz CT molecular complexity index is 1160. The van der Waals surface area contributed by atoms with Crippen LogP contribution in [0.25, 0.3) is 11.0 Å². The van der Waals surface area contributed by atoms with E-state index >= 15 is 0 Å². The Labute approximate surface area is 161 Å². The van der Waals surface area contributed by atoms with Gasteiger partial charge in [0, 0.05) is 30.8 Å². The molecule has 0 aliphatic carbocycles. The van der Waals surface area contributed by atoms with Gasteiger partial charge < -0.3 is 9.47 Å². The van der Waals surface area contributed by atoms with E-state index in [1.807, 2.05) is 24.3 Å². The predicted octanol–water partition coefficient (Wildman–Crippen LogP) is 1.67. The molecule has 0 saturated carbocycles. The number of aromatic nitrogens is 4. The van der Waals surface area contributed by atoms with Crippen LogP contribution in [0.5, 0.6) is 0 Å². The lowest BCUT2D eigenvalue weighted by Gasteiger charge is -2.26. The van der Waals surface area contributed by atoms with Gasteiger partial charge in [-0.1, -0.05) is 12.0 Å². The van der Waals surface area contributed by atoms with Gasteiger partial charge in [-0.15, -0.1) is 0 Å². The van der Waals surface area contributed by atoms with Crippen LogP contribution in [-0.4, -0.2) is 38.5 Å². The lowest BCUT2D eigenvalue weighted by molar-refractivity contribution is -0.170. The Morgan fingerprint density at radius 1 is 1.14 bits per heavy atom. The molecule has 1 saturated heterocycles. The first-order valence-electron chi connectivity index (χ1n) is 9.33. The summed E-state index contributed by atoms with van der Waals surface area (Å²) in [5.41, 5.74) is 2.11. The van der Waals surface area contributed by atoms with Gasteiger partial charge in [0.2, 0.25) is 0 Å². The number of hydrogen-bond donors (Lipinski definition) is 0. The zero-order chi connectivity index (χ0) is 19.0. The summed E-state index contributed by atoms with van der Waals surface area (Å²) in [5, 5.41) is 0. The van der Waals surface area contributed by atoms with Gasteiger partial charge in [-0.3, -0.25) is 9.36 Å². The molecule has 5 rings (SSSR count). The van der Waals surface area contributed by atoms with Crippen molar-refractivity contribution in [1.29, 1.82) is 0 Å². The minimum atomic E-state index is -0.710. The molecule has 0 unspecified atom stereocenters. The van der Waals surface area contributed by atoms with Crippen molar-refractivity contribution in [2.24, 2.45) is 0 Å². The second-order valence-corrected chi connectivity index (χ2v) is 6.94. The van der Waals surface area contributed by atoms with Crippen molar-refractivity contribution < 1.29 is 9.47 Å². The summed E-state index contributed by atoms with van der Waals surface area (Å²) in [5.74, 6) is 6.07. The molecule has 7 nitrogen and oxygen atoms in total. The fourth-order valence-electron chi connectivity index (χ4n) is 3.71. The monoisotopic (exact) mass is 374 g/mol. The van der Waals surface area contributed by atoms with Crippen LogP contribution in [0.4, 0.5) is 0 Å². The first-order valence-corrected chi connectivity index (χ1v) is 9.33. The van der Waals surface area contributed by atoms with E-state index in [0.717, 1.165) is 18.7 Å². The van der Waals surface area contributed by atoms with Gasteiger partial charge in [0.15, 0.2) is 11.3 Å². The average molecular weight is 374 g/mol. The molecule has 0 N–H and O–H groups in total. The van der Waals surface area contributed by atoms with Crippen molar-refractivity contribution in [2.75, 3.05) is 13.2 Å². The van der Waals surface area contributed by atoms with Crippen LogP contribution >= 0.6 is 0 Å². The topological polar surface area (TPSA) is 79.1 Å². The highest BCUT2D eigenvalue weighted by Crippen LogP contribution is 2.30. The summed E-state index contributed by atoms with van der Waals surface area (Å²) < 4.78 is 13.3. The molecule has 0 radical (unpaired) electrons. The molecule has 0 bridgehead atoms. The van der Waals surface area contributed by atoms with Crippen molar-refractivity contribution in [3.05, 3.63) is 64.1 Å². The minimum Gasteiger partial charge on any atom is -0.346 e. The van der Waals surface area contributed by atoms with E-state index in [-0.39, 0.29) is 5.56 Å². The maximum atomic E-state index is 13.1. The predicted molar refractivity (Wildman–Crippen MR) is 102 cm³/mol. The van der Waals surface area contributed by atoms with Crippen molar-refractivity contribution in [3.63, 3.8) is 0 Å². The van der Waals surface area contributed by atoms with E-state index in [1.165, 1.54) is 0 Å². The molecule has 0 atom stereocenters. The molecular formula is C21H18N4O3. The van der Waals surface area contributed by atoms with Gasteiger partial charge in [0.05, 0.1) is 25.3 Å². The normalized spacial score (nSPS) is 17.7. The van der Waals surface area contributed by atoms with Crippen LogP contribution in [0.3, 0.4) is 0 Å². The summed E-state index contributed by atoms with van der Waals surface area (Å²) in [4.78, 5) is 26.3. The highest BCUT2D eigenvalue weighted by atomic mass is 16.7. The van der Waals surface area contributed by atoms with E-state index in [0.29, 0.717) is 48.5 Å². The standard InChI is InChI=1S/C21H18N4O3/c26-20-19-17(12-15(13-23-19)6-7-16-4-1-2-9-22-16)24-18-5-3-8-21(14-25(18)20)27-10-11-28-21/h1-2,4,9,12-13H,3,5,8,10-11,14H2. The Morgan fingerprint density at radius 3 is 2.86 bits per heavy atom. The Kier molecular flexibility index (Phi) is 4.15. The summed E-state index contributed by atoms with van der Waals surface area (Å²) in [6.45, 7) is 1.47. The van der Waals surface area contributed by atoms with Crippen LogP contribution < -0.4 is 5.56 Å². The molecule has 3 aromatic heterocycles. The maximum absolute atomic E-state index is 13.1. The molecule has 28 heavy (non-hydrogen) atoms. The fraction of sp³-hybridized carbons (Fsp3) is 0.333. The van der Waals surface area contributed by atoms with Gasteiger partial charge in [0.1, 0.15) is 11.5 Å². The van der Waals surface area contributed by atoms with Crippen LogP contribution in [0.15, 0.2) is 41.5 Å². The van der Waals surface area contributed by atoms with Crippen LogP contribution in [0.2, 0.25) is 0 Å². The third kappa shape index (κ3) is 3.07. The molecule has 3 aromatic rings. The smallest absolute Gasteiger partial charge is 0.280 e.